The molecule has 0 aromatic heterocycles. The van der Waals surface area contributed by atoms with E-state index in [4.69, 9.17) is 14.0 Å². The first-order chi connectivity index (χ1) is 14.5. The summed E-state index contributed by atoms with van der Waals surface area (Å²) in [6.07, 6.45) is 13.8. The number of aliphatic hydroxyl groups excluding tert-OH is 1. The van der Waals surface area contributed by atoms with Gasteiger partial charge in [0.05, 0.1) is 32.5 Å². The summed E-state index contributed by atoms with van der Waals surface area (Å²) < 4.78 is 22.4. The Hall–Kier alpha value is -0.520. The molecule has 1 saturated heterocycles. The first kappa shape index (κ1) is 25.7. The summed E-state index contributed by atoms with van der Waals surface area (Å²) in [6, 6.07) is 0. The molecule has 0 aromatic carbocycles. The van der Waals surface area contributed by atoms with Gasteiger partial charge in [-0.3, -0.25) is 0 Å². The van der Waals surface area contributed by atoms with E-state index in [2.05, 4.69) is 21.1 Å². The van der Waals surface area contributed by atoms with E-state index in [9.17, 15) is 9.90 Å². The van der Waals surface area contributed by atoms with Crippen LogP contribution in [0.25, 0.3) is 0 Å². The summed E-state index contributed by atoms with van der Waals surface area (Å²) in [5, 5.41) is 10.7. The normalized spacial score (nSPS) is 28.4. The Labute approximate surface area is 184 Å². The van der Waals surface area contributed by atoms with Crippen LogP contribution in [0, 0.1) is 11.8 Å². The molecule has 6 nitrogen and oxygen atoms in total. The zero-order valence-corrected chi connectivity index (χ0v) is 19.9. The van der Waals surface area contributed by atoms with Gasteiger partial charge in [0.2, 0.25) is 0 Å². The van der Waals surface area contributed by atoms with Crippen LogP contribution in [0.15, 0.2) is 12.2 Å². The summed E-state index contributed by atoms with van der Waals surface area (Å²) in [6.45, 7) is 3.55. The van der Waals surface area contributed by atoms with Crippen molar-refractivity contribution in [1.82, 2.24) is 0 Å². The van der Waals surface area contributed by atoms with Crippen LogP contribution in [0.2, 0.25) is 0 Å². The van der Waals surface area contributed by atoms with Gasteiger partial charge >= 0.3 is 5.97 Å². The maximum absolute atomic E-state index is 11.1. The molecule has 5 atom stereocenters. The third kappa shape index (κ3) is 7.87. The van der Waals surface area contributed by atoms with Crippen molar-refractivity contribution in [3.05, 3.63) is 12.2 Å². The van der Waals surface area contributed by atoms with E-state index in [1.807, 2.05) is 6.08 Å². The van der Waals surface area contributed by atoms with Gasteiger partial charge in [0.25, 0.3) is 0 Å². The molecule has 2 aliphatic rings. The molecule has 0 amide bonds. The second kappa shape index (κ2) is 13.8. The highest BCUT2D eigenvalue weighted by atomic mass is 31.0. The summed E-state index contributed by atoms with van der Waals surface area (Å²) in [7, 11) is 3.77. The van der Waals surface area contributed by atoms with E-state index in [0.717, 1.165) is 51.4 Å². The quantitative estimate of drug-likeness (QED) is 0.183. The Morgan fingerprint density at radius 2 is 1.90 bits per heavy atom. The van der Waals surface area contributed by atoms with Crippen LogP contribution in [-0.2, 0) is 23.5 Å². The van der Waals surface area contributed by atoms with E-state index in [1.165, 1.54) is 26.0 Å². The average molecular weight is 445 g/mol. The summed E-state index contributed by atoms with van der Waals surface area (Å²) in [5.74, 6) is -0.226. The minimum absolute atomic E-state index is 0.0586. The molecule has 1 aliphatic carbocycles. The lowest BCUT2D eigenvalue weighted by Gasteiger charge is -2.31. The number of allylic oxidation sites excluding steroid dienone is 1. The largest absolute Gasteiger partial charge is 0.466 e. The minimum atomic E-state index is -0.447. The zero-order valence-electron chi connectivity index (χ0n) is 18.7. The standard InChI is InChI=1S/C23H41O6P/c1-3-4-9-13-23(27-15-16-28-23)14-12-19-18(20(24)17-21(19)29-30)10-7-5-6-8-11-22(25)26-2/h8,11,18-21,24H,3-7,9-10,12-17,30H2,1-2H3/b11-8+. The van der Waals surface area contributed by atoms with E-state index in [0.29, 0.717) is 25.6 Å². The van der Waals surface area contributed by atoms with Gasteiger partial charge in [-0.15, -0.1) is 0 Å². The van der Waals surface area contributed by atoms with Crippen molar-refractivity contribution in [2.75, 3.05) is 20.3 Å². The Morgan fingerprint density at radius 3 is 2.57 bits per heavy atom. The van der Waals surface area contributed by atoms with Gasteiger partial charge in [-0.1, -0.05) is 32.3 Å². The second-order valence-corrected chi connectivity index (χ2v) is 8.89. The summed E-state index contributed by atoms with van der Waals surface area (Å²) >= 11 is 0. The monoisotopic (exact) mass is 444 g/mol. The lowest BCUT2D eigenvalue weighted by Crippen LogP contribution is -2.33. The maximum atomic E-state index is 11.1. The fourth-order valence-corrected chi connectivity index (χ4v) is 5.26. The van der Waals surface area contributed by atoms with Crippen molar-refractivity contribution >= 4 is 15.4 Å². The van der Waals surface area contributed by atoms with Crippen LogP contribution in [0.1, 0.15) is 77.6 Å². The van der Waals surface area contributed by atoms with Crippen molar-refractivity contribution in [2.24, 2.45) is 11.8 Å². The maximum Gasteiger partial charge on any atom is 0.330 e. The highest BCUT2D eigenvalue weighted by Gasteiger charge is 2.44. The topological polar surface area (TPSA) is 74.2 Å². The number of hydrogen-bond donors (Lipinski definition) is 1. The molecule has 2 fully saturated rings. The van der Waals surface area contributed by atoms with Gasteiger partial charge in [-0.05, 0) is 43.9 Å². The van der Waals surface area contributed by atoms with Crippen molar-refractivity contribution in [3.63, 3.8) is 0 Å². The molecule has 5 unspecified atom stereocenters. The number of aliphatic hydroxyl groups is 1. The fraction of sp³-hybridized carbons (Fsp3) is 0.870. The van der Waals surface area contributed by atoms with Crippen LogP contribution < -0.4 is 0 Å². The highest BCUT2D eigenvalue weighted by molar-refractivity contribution is 7.09. The van der Waals surface area contributed by atoms with Crippen LogP contribution in [-0.4, -0.2) is 49.4 Å². The van der Waals surface area contributed by atoms with E-state index in [-0.39, 0.29) is 24.1 Å². The lowest BCUT2D eigenvalue weighted by atomic mass is 9.84. The zero-order chi connectivity index (χ0) is 21.8. The number of esters is 1. The number of methoxy groups -OCH3 is 1. The molecule has 30 heavy (non-hydrogen) atoms. The second-order valence-electron chi connectivity index (χ2n) is 8.62. The number of unbranched alkanes of at least 4 members (excludes halogenated alkanes) is 4. The van der Waals surface area contributed by atoms with Gasteiger partial charge in [-0.25, -0.2) is 4.79 Å². The first-order valence-electron chi connectivity index (χ1n) is 11.6. The van der Waals surface area contributed by atoms with Gasteiger partial charge in [0.15, 0.2) is 5.79 Å². The van der Waals surface area contributed by atoms with E-state index >= 15 is 0 Å². The minimum Gasteiger partial charge on any atom is -0.466 e. The van der Waals surface area contributed by atoms with Crippen molar-refractivity contribution < 1.29 is 28.6 Å². The summed E-state index contributed by atoms with van der Waals surface area (Å²) in [4.78, 5) is 11.1. The van der Waals surface area contributed by atoms with Crippen LogP contribution in [0.5, 0.6) is 0 Å². The average Bonchev–Trinajstić information content (AvgIpc) is 3.33. The van der Waals surface area contributed by atoms with Crippen molar-refractivity contribution in [1.29, 1.82) is 0 Å². The SMILES string of the molecule is CCCCCC1(CCC2C(OP)CC(O)C2CCCC/C=C/C(=O)OC)OCCO1. The molecule has 174 valence electrons. The van der Waals surface area contributed by atoms with E-state index in [1.54, 1.807) is 0 Å². The highest BCUT2D eigenvalue weighted by Crippen LogP contribution is 2.43. The molecule has 1 heterocycles. The molecule has 0 spiro atoms. The molecule has 1 aliphatic heterocycles. The van der Waals surface area contributed by atoms with Gasteiger partial charge in [0.1, 0.15) is 0 Å². The third-order valence-electron chi connectivity index (χ3n) is 6.62. The Kier molecular flexibility index (Phi) is 11.8. The summed E-state index contributed by atoms with van der Waals surface area (Å²) in [5.41, 5.74) is 0. The molecule has 0 aromatic rings. The number of hydrogen-bond acceptors (Lipinski definition) is 6. The molecule has 0 radical (unpaired) electrons. The fourth-order valence-electron chi connectivity index (χ4n) is 4.94. The van der Waals surface area contributed by atoms with Crippen molar-refractivity contribution in [2.45, 2.75) is 95.5 Å². The van der Waals surface area contributed by atoms with Crippen LogP contribution >= 0.6 is 9.47 Å². The number of ether oxygens (including phenoxy) is 3. The predicted octanol–water partition coefficient (Wildman–Crippen LogP) is 4.55. The van der Waals surface area contributed by atoms with E-state index < -0.39 is 5.79 Å². The van der Waals surface area contributed by atoms with Crippen LogP contribution in [0.4, 0.5) is 0 Å². The third-order valence-corrected chi connectivity index (χ3v) is 6.97. The van der Waals surface area contributed by atoms with Crippen molar-refractivity contribution in [3.8, 4) is 0 Å². The first-order valence-corrected chi connectivity index (χ1v) is 12.1. The number of carbonyl (C=O) groups is 1. The molecule has 1 saturated carbocycles. The van der Waals surface area contributed by atoms with Gasteiger partial charge in [-0.2, -0.15) is 0 Å². The Bertz CT molecular complexity index is 520. The van der Waals surface area contributed by atoms with Crippen LogP contribution in [0.3, 0.4) is 0 Å². The molecule has 7 heteroatoms. The van der Waals surface area contributed by atoms with Gasteiger partial charge in [0, 0.05) is 34.8 Å². The molecule has 0 bridgehead atoms. The van der Waals surface area contributed by atoms with Gasteiger partial charge < -0.3 is 23.8 Å². The number of rotatable bonds is 14. The Balaban J connectivity index is 1.85. The molecular formula is C23H41O6P. The Morgan fingerprint density at radius 1 is 1.13 bits per heavy atom. The molecule has 2 rings (SSSR count). The number of carbonyl (C=O) groups excluding carboxylic acids is 1. The molecular weight excluding hydrogens is 403 g/mol. The smallest absolute Gasteiger partial charge is 0.330 e. The predicted molar refractivity (Wildman–Crippen MR) is 120 cm³/mol. The lowest BCUT2D eigenvalue weighted by molar-refractivity contribution is -0.171. The molecule has 1 N–H and O–H groups in total.